The van der Waals surface area contributed by atoms with Gasteiger partial charge in [0, 0.05) is 13.0 Å². The number of benzene rings is 2. The molecule has 0 fully saturated rings. The predicted molar refractivity (Wildman–Crippen MR) is 98.6 cm³/mol. The Hall–Kier alpha value is -2.18. The Morgan fingerprint density at radius 3 is 2.28 bits per heavy atom. The summed E-state index contributed by atoms with van der Waals surface area (Å²) in [6.07, 6.45) is 0.922. The SMILES string of the molecule is CCNS(=O)(=O)c1ccc(CCC(=O)N[C@H](C)c2ccccc2)cc1. The molecule has 0 saturated carbocycles. The zero-order chi connectivity index (χ0) is 18.3. The van der Waals surface area contributed by atoms with Crippen molar-refractivity contribution in [2.24, 2.45) is 0 Å². The average Bonchev–Trinajstić information content (AvgIpc) is 2.61. The maximum Gasteiger partial charge on any atom is 0.240 e. The quantitative estimate of drug-likeness (QED) is 0.760. The number of hydrogen-bond acceptors (Lipinski definition) is 3. The molecule has 0 bridgehead atoms. The Bertz CT molecular complexity index is 787. The number of aryl methyl sites for hydroxylation is 1. The molecule has 5 nitrogen and oxygen atoms in total. The van der Waals surface area contributed by atoms with Crippen LogP contribution in [0.15, 0.2) is 59.5 Å². The summed E-state index contributed by atoms with van der Waals surface area (Å²) in [5.74, 6) is -0.0271. The number of rotatable bonds is 8. The van der Waals surface area contributed by atoms with Crippen molar-refractivity contribution in [3.05, 3.63) is 65.7 Å². The van der Waals surface area contributed by atoms with E-state index in [2.05, 4.69) is 10.0 Å². The van der Waals surface area contributed by atoms with Crippen LogP contribution >= 0.6 is 0 Å². The fourth-order valence-electron chi connectivity index (χ4n) is 2.51. The van der Waals surface area contributed by atoms with Gasteiger partial charge in [0.05, 0.1) is 10.9 Å². The van der Waals surface area contributed by atoms with Crippen molar-refractivity contribution in [3.63, 3.8) is 0 Å². The molecule has 0 aliphatic heterocycles. The molecular weight excluding hydrogens is 336 g/mol. The molecule has 1 amide bonds. The first kappa shape index (κ1) is 19.1. The minimum absolute atomic E-state index is 0.0271. The van der Waals surface area contributed by atoms with Gasteiger partial charge in [0.2, 0.25) is 15.9 Å². The Morgan fingerprint density at radius 2 is 1.68 bits per heavy atom. The molecule has 0 saturated heterocycles. The van der Waals surface area contributed by atoms with Gasteiger partial charge in [-0.2, -0.15) is 0 Å². The van der Waals surface area contributed by atoms with Gasteiger partial charge < -0.3 is 5.32 Å². The topological polar surface area (TPSA) is 75.3 Å². The number of hydrogen-bond donors (Lipinski definition) is 2. The van der Waals surface area contributed by atoms with Crippen LogP contribution < -0.4 is 10.0 Å². The van der Waals surface area contributed by atoms with E-state index in [1.165, 1.54) is 0 Å². The maximum absolute atomic E-state index is 12.1. The van der Waals surface area contributed by atoms with Gasteiger partial charge in [0.15, 0.2) is 0 Å². The highest BCUT2D eigenvalue weighted by Crippen LogP contribution is 2.13. The van der Waals surface area contributed by atoms with Crippen LogP contribution in [0, 0.1) is 0 Å². The van der Waals surface area contributed by atoms with Crippen LogP contribution in [0.4, 0.5) is 0 Å². The van der Waals surface area contributed by atoms with Gasteiger partial charge in [-0.05, 0) is 36.6 Å². The third kappa shape index (κ3) is 5.69. The van der Waals surface area contributed by atoms with Crippen molar-refractivity contribution in [1.82, 2.24) is 10.0 Å². The van der Waals surface area contributed by atoms with Gasteiger partial charge in [-0.15, -0.1) is 0 Å². The summed E-state index contributed by atoms with van der Waals surface area (Å²) in [6.45, 7) is 4.04. The van der Waals surface area contributed by atoms with Crippen LogP contribution in [-0.4, -0.2) is 20.9 Å². The van der Waals surface area contributed by atoms with Gasteiger partial charge in [-0.3, -0.25) is 4.79 Å². The number of carbonyl (C=O) groups is 1. The zero-order valence-electron chi connectivity index (χ0n) is 14.5. The smallest absolute Gasteiger partial charge is 0.240 e. The Morgan fingerprint density at radius 1 is 1.04 bits per heavy atom. The van der Waals surface area contributed by atoms with Crippen molar-refractivity contribution in [1.29, 1.82) is 0 Å². The molecule has 2 aromatic rings. The van der Waals surface area contributed by atoms with Crippen molar-refractivity contribution in [2.75, 3.05) is 6.54 Å². The molecule has 0 aliphatic rings. The van der Waals surface area contributed by atoms with Crippen molar-refractivity contribution in [3.8, 4) is 0 Å². The lowest BCUT2D eigenvalue weighted by atomic mass is 10.1. The molecule has 0 unspecified atom stereocenters. The van der Waals surface area contributed by atoms with E-state index in [0.717, 1.165) is 11.1 Å². The number of nitrogens with one attached hydrogen (secondary N) is 2. The van der Waals surface area contributed by atoms with Crippen LogP contribution in [-0.2, 0) is 21.2 Å². The van der Waals surface area contributed by atoms with E-state index < -0.39 is 10.0 Å². The first-order valence-corrected chi connectivity index (χ1v) is 9.83. The summed E-state index contributed by atoms with van der Waals surface area (Å²) in [6, 6.07) is 16.4. The minimum atomic E-state index is -3.43. The van der Waals surface area contributed by atoms with E-state index in [1.807, 2.05) is 37.3 Å². The molecule has 6 heteroatoms. The number of carbonyl (C=O) groups excluding carboxylic acids is 1. The lowest BCUT2D eigenvalue weighted by Crippen LogP contribution is -2.26. The van der Waals surface area contributed by atoms with Crippen LogP contribution in [0.1, 0.15) is 37.4 Å². The van der Waals surface area contributed by atoms with Crippen molar-refractivity contribution >= 4 is 15.9 Å². The Balaban J connectivity index is 1.88. The maximum atomic E-state index is 12.1. The molecule has 0 heterocycles. The fourth-order valence-corrected chi connectivity index (χ4v) is 3.55. The number of sulfonamides is 1. The second-order valence-electron chi connectivity index (χ2n) is 5.85. The van der Waals surface area contributed by atoms with E-state index in [1.54, 1.807) is 31.2 Å². The summed E-state index contributed by atoms with van der Waals surface area (Å²) < 4.78 is 26.2. The van der Waals surface area contributed by atoms with Gasteiger partial charge in [-0.25, -0.2) is 13.1 Å². The van der Waals surface area contributed by atoms with Crippen LogP contribution in [0.5, 0.6) is 0 Å². The fraction of sp³-hybridized carbons (Fsp3) is 0.316. The first-order valence-electron chi connectivity index (χ1n) is 8.35. The van der Waals surface area contributed by atoms with Gasteiger partial charge >= 0.3 is 0 Å². The van der Waals surface area contributed by atoms with Crippen molar-refractivity contribution in [2.45, 2.75) is 37.6 Å². The minimum Gasteiger partial charge on any atom is -0.350 e. The molecule has 2 aromatic carbocycles. The molecule has 1 atom stereocenters. The van der Waals surface area contributed by atoms with Gasteiger partial charge in [0.25, 0.3) is 0 Å². The lowest BCUT2D eigenvalue weighted by molar-refractivity contribution is -0.121. The molecule has 0 radical (unpaired) electrons. The molecule has 25 heavy (non-hydrogen) atoms. The third-order valence-corrected chi connectivity index (χ3v) is 5.45. The van der Waals surface area contributed by atoms with Crippen LogP contribution in [0.25, 0.3) is 0 Å². The lowest BCUT2D eigenvalue weighted by Gasteiger charge is -2.14. The highest BCUT2D eigenvalue weighted by atomic mass is 32.2. The van der Waals surface area contributed by atoms with E-state index >= 15 is 0 Å². The van der Waals surface area contributed by atoms with E-state index in [0.29, 0.717) is 19.4 Å². The third-order valence-electron chi connectivity index (χ3n) is 3.89. The van der Waals surface area contributed by atoms with E-state index in [-0.39, 0.29) is 16.8 Å². The molecule has 0 aliphatic carbocycles. The molecule has 0 spiro atoms. The molecular formula is C19H24N2O3S. The second kappa shape index (κ2) is 8.78. The monoisotopic (exact) mass is 360 g/mol. The summed E-state index contributed by atoms with van der Waals surface area (Å²) in [5.41, 5.74) is 1.99. The van der Waals surface area contributed by atoms with E-state index in [9.17, 15) is 13.2 Å². The highest BCUT2D eigenvalue weighted by molar-refractivity contribution is 7.89. The van der Waals surface area contributed by atoms with E-state index in [4.69, 9.17) is 0 Å². The normalized spacial score (nSPS) is 12.6. The van der Waals surface area contributed by atoms with Gasteiger partial charge in [0.1, 0.15) is 0 Å². The largest absolute Gasteiger partial charge is 0.350 e. The van der Waals surface area contributed by atoms with Gasteiger partial charge in [-0.1, -0.05) is 49.4 Å². The summed E-state index contributed by atoms with van der Waals surface area (Å²) in [5, 5.41) is 2.97. The molecule has 2 N–H and O–H groups in total. The Kier molecular flexibility index (Phi) is 6.73. The zero-order valence-corrected chi connectivity index (χ0v) is 15.3. The molecule has 2 rings (SSSR count). The summed E-state index contributed by atoms with van der Waals surface area (Å²) >= 11 is 0. The molecule has 134 valence electrons. The van der Waals surface area contributed by atoms with Crippen LogP contribution in [0.3, 0.4) is 0 Å². The second-order valence-corrected chi connectivity index (χ2v) is 7.61. The summed E-state index contributed by atoms with van der Waals surface area (Å²) in [4.78, 5) is 12.3. The van der Waals surface area contributed by atoms with Crippen LogP contribution in [0.2, 0.25) is 0 Å². The number of amides is 1. The first-order chi connectivity index (χ1) is 11.9. The highest BCUT2D eigenvalue weighted by Gasteiger charge is 2.13. The average molecular weight is 360 g/mol. The predicted octanol–water partition coefficient (Wildman–Crippen LogP) is 2.79. The summed E-state index contributed by atoms with van der Waals surface area (Å²) in [7, 11) is -3.43. The standard InChI is InChI=1S/C19H24N2O3S/c1-3-20-25(23,24)18-12-9-16(10-13-18)11-14-19(22)21-15(2)17-7-5-4-6-8-17/h4-10,12-13,15,20H,3,11,14H2,1-2H3,(H,21,22)/t15-/m1/s1. The Labute approximate surface area is 149 Å². The molecule has 0 aromatic heterocycles. The van der Waals surface area contributed by atoms with Crippen molar-refractivity contribution < 1.29 is 13.2 Å².